The van der Waals surface area contributed by atoms with Crippen LogP contribution >= 0.6 is 0 Å². The Hall–Kier alpha value is -4.90. The van der Waals surface area contributed by atoms with Gasteiger partial charge in [0, 0.05) is 64.6 Å². The van der Waals surface area contributed by atoms with Crippen LogP contribution in [0.4, 0.5) is 0 Å². The summed E-state index contributed by atoms with van der Waals surface area (Å²) < 4.78 is 19.2. The molecule has 3 heterocycles. The summed E-state index contributed by atoms with van der Waals surface area (Å²) in [4.78, 5) is 29.7. The van der Waals surface area contributed by atoms with Crippen molar-refractivity contribution >= 4 is 11.8 Å². The van der Waals surface area contributed by atoms with E-state index in [4.69, 9.17) is 14.2 Å². The second kappa shape index (κ2) is 14.9. The van der Waals surface area contributed by atoms with Crippen molar-refractivity contribution in [2.45, 2.75) is 44.8 Å². The second-order valence-corrected chi connectivity index (χ2v) is 11.6. The van der Waals surface area contributed by atoms with Crippen LogP contribution in [0.15, 0.2) is 72.9 Å². The van der Waals surface area contributed by atoms with Crippen molar-refractivity contribution in [3.63, 3.8) is 0 Å². The summed E-state index contributed by atoms with van der Waals surface area (Å²) in [6.45, 7) is 4.16. The number of carbonyl (C=O) groups is 2. The first kappa shape index (κ1) is 31.1. The number of methoxy groups -OCH3 is 1. The van der Waals surface area contributed by atoms with Gasteiger partial charge in [-0.05, 0) is 34.9 Å². The van der Waals surface area contributed by atoms with Crippen LogP contribution in [0.1, 0.15) is 39.2 Å². The monoisotopic (exact) mass is 624 g/mol. The first-order valence-electron chi connectivity index (χ1n) is 15.8. The fourth-order valence-electron chi connectivity index (χ4n) is 5.86. The molecule has 0 aliphatic carbocycles. The number of hydrogen-bond acceptors (Lipinski definition) is 8. The van der Waals surface area contributed by atoms with E-state index >= 15 is 0 Å². The molecule has 0 fully saturated rings. The molecular formula is C35H40N6O5. The number of aryl methyl sites for hydroxylation is 1. The highest BCUT2D eigenvalue weighted by Gasteiger charge is 2.25. The fourth-order valence-corrected chi connectivity index (χ4v) is 5.86. The molecule has 46 heavy (non-hydrogen) atoms. The quantitative estimate of drug-likeness (QED) is 0.348. The average molecular weight is 625 g/mol. The summed E-state index contributed by atoms with van der Waals surface area (Å²) in [5, 5.41) is 14.8. The Balaban J connectivity index is 1.24. The maximum Gasteiger partial charge on any atom is 0.255 e. The zero-order valence-electron chi connectivity index (χ0n) is 26.1. The largest absolute Gasteiger partial charge is 0.493 e. The molecule has 4 aromatic rings. The van der Waals surface area contributed by atoms with Crippen LogP contribution in [0.2, 0.25) is 0 Å². The molecule has 2 aliphatic heterocycles. The molecule has 2 amide bonds. The standard InChI is InChI=1S/C35H40N6O5/c1-44-32-10-5-9-29-33(32)46-19-6-16-41-24-28(38-39-41)13-17-40(23-26-11-12-31-27(21-26)14-20-45-31)18-15-36-35(43)30(37-34(29)42)22-25-7-3-2-4-8-25/h2-5,7-12,21,24,30H,6,13-20,22-23H2,1H3,(H,36,43)(H,37,42)/t30-/m0/s1. The maximum atomic E-state index is 13.7. The Bertz CT molecular complexity index is 1640. The molecule has 1 aromatic heterocycles. The third kappa shape index (κ3) is 7.84. The van der Waals surface area contributed by atoms with E-state index in [9.17, 15) is 9.59 Å². The number of nitrogens with one attached hydrogen (secondary N) is 2. The number of amides is 2. The summed E-state index contributed by atoms with van der Waals surface area (Å²) in [6, 6.07) is 20.4. The van der Waals surface area contributed by atoms with Crippen molar-refractivity contribution in [3.05, 3.63) is 101 Å². The van der Waals surface area contributed by atoms with Crippen molar-refractivity contribution in [2.24, 2.45) is 0 Å². The van der Waals surface area contributed by atoms with Gasteiger partial charge >= 0.3 is 0 Å². The fraction of sp³-hybridized carbons (Fsp3) is 0.371. The van der Waals surface area contributed by atoms with Gasteiger partial charge in [0.15, 0.2) is 11.5 Å². The van der Waals surface area contributed by atoms with Gasteiger partial charge in [-0.25, -0.2) is 0 Å². The number of nitrogens with zero attached hydrogens (tertiary/aromatic N) is 4. The van der Waals surface area contributed by atoms with Gasteiger partial charge in [-0.15, -0.1) is 5.10 Å². The number of rotatable bonds is 5. The molecule has 0 saturated carbocycles. The molecule has 6 rings (SSSR count). The highest BCUT2D eigenvalue weighted by molar-refractivity contribution is 6.00. The average Bonchev–Trinajstić information content (AvgIpc) is 3.74. The first-order valence-corrected chi connectivity index (χ1v) is 15.8. The lowest BCUT2D eigenvalue weighted by Gasteiger charge is -2.24. The number of benzene rings is 3. The van der Waals surface area contributed by atoms with E-state index in [-0.39, 0.29) is 5.91 Å². The van der Waals surface area contributed by atoms with E-state index in [1.807, 2.05) is 47.3 Å². The van der Waals surface area contributed by atoms with Crippen molar-refractivity contribution < 1.29 is 23.8 Å². The van der Waals surface area contributed by atoms with Gasteiger partial charge in [-0.2, -0.15) is 0 Å². The normalized spacial score (nSPS) is 18.0. The minimum Gasteiger partial charge on any atom is -0.493 e. The lowest BCUT2D eigenvalue weighted by molar-refractivity contribution is -0.123. The highest BCUT2D eigenvalue weighted by atomic mass is 16.5. The molecule has 3 aromatic carbocycles. The van der Waals surface area contributed by atoms with E-state index in [1.165, 1.54) is 18.2 Å². The predicted octanol–water partition coefficient (Wildman–Crippen LogP) is 3.21. The number of ether oxygens (including phenoxy) is 3. The van der Waals surface area contributed by atoms with E-state index in [0.717, 1.165) is 49.5 Å². The highest BCUT2D eigenvalue weighted by Crippen LogP contribution is 2.31. The Morgan fingerprint density at radius 3 is 2.70 bits per heavy atom. The van der Waals surface area contributed by atoms with Gasteiger partial charge in [0.05, 0.1) is 31.6 Å². The zero-order valence-corrected chi connectivity index (χ0v) is 26.1. The Morgan fingerprint density at radius 2 is 1.83 bits per heavy atom. The summed E-state index contributed by atoms with van der Waals surface area (Å²) in [5.74, 6) is 1.08. The summed E-state index contributed by atoms with van der Waals surface area (Å²) in [6.07, 6.45) is 4.59. The van der Waals surface area contributed by atoms with Crippen LogP contribution in [0.5, 0.6) is 17.2 Å². The molecule has 0 spiro atoms. The Morgan fingerprint density at radius 1 is 0.935 bits per heavy atom. The van der Waals surface area contributed by atoms with Crippen molar-refractivity contribution in [1.82, 2.24) is 30.5 Å². The molecule has 2 aliphatic rings. The summed E-state index contributed by atoms with van der Waals surface area (Å²) >= 11 is 0. The lowest BCUT2D eigenvalue weighted by atomic mass is 10.0. The zero-order chi connectivity index (χ0) is 31.7. The van der Waals surface area contributed by atoms with Crippen molar-refractivity contribution in [3.8, 4) is 17.2 Å². The van der Waals surface area contributed by atoms with Crippen molar-refractivity contribution in [2.75, 3.05) is 40.0 Å². The van der Waals surface area contributed by atoms with E-state index in [2.05, 4.69) is 38.0 Å². The number of aromatic nitrogens is 3. The van der Waals surface area contributed by atoms with Gasteiger partial charge in [0.2, 0.25) is 5.91 Å². The van der Waals surface area contributed by atoms with Gasteiger partial charge in [-0.3, -0.25) is 19.2 Å². The minimum absolute atomic E-state index is 0.252. The van der Waals surface area contributed by atoms with E-state index in [0.29, 0.717) is 56.1 Å². The number of fused-ring (bicyclic) bond motifs is 4. The smallest absolute Gasteiger partial charge is 0.255 e. The van der Waals surface area contributed by atoms with Gasteiger partial charge in [0.1, 0.15) is 11.8 Å². The molecule has 0 unspecified atom stereocenters. The topological polar surface area (TPSA) is 120 Å². The third-order valence-electron chi connectivity index (χ3n) is 8.28. The molecule has 240 valence electrons. The van der Waals surface area contributed by atoms with Gasteiger partial charge in [-0.1, -0.05) is 53.7 Å². The van der Waals surface area contributed by atoms with Crippen LogP contribution in [0.25, 0.3) is 0 Å². The van der Waals surface area contributed by atoms with E-state index in [1.54, 1.807) is 18.2 Å². The van der Waals surface area contributed by atoms with Crippen molar-refractivity contribution in [1.29, 1.82) is 0 Å². The molecule has 2 bridgehead atoms. The molecule has 11 heteroatoms. The SMILES string of the molecule is COc1cccc2c1OCCCn1cc(nn1)CCN(Cc1ccc3c(c1)CCO3)CCNC(=O)[C@H](Cc1ccccc1)NC2=O. The number of para-hydroxylation sites is 1. The third-order valence-corrected chi connectivity index (χ3v) is 8.28. The van der Waals surface area contributed by atoms with Gasteiger partial charge < -0.3 is 24.8 Å². The molecule has 1 atom stereocenters. The first-order chi connectivity index (χ1) is 22.6. The Labute approximate surface area is 268 Å². The Kier molecular flexibility index (Phi) is 10.1. The minimum atomic E-state index is -0.796. The molecule has 0 saturated heterocycles. The summed E-state index contributed by atoms with van der Waals surface area (Å²) in [5.41, 5.74) is 4.57. The van der Waals surface area contributed by atoms with Crippen LogP contribution in [0, 0.1) is 0 Å². The maximum absolute atomic E-state index is 13.7. The molecule has 2 N–H and O–H groups in total. The van der Waals surface area contributed by atoms with Crippen LogP contribution in [0.3, 0.4) is 0 Å². The summed E-state index contributed by atoms with van der Waals surface area (Å²) in [7, 11) is 1.54. The predicted molar refractivity (Wildman–Crippen MR) is 172 cm³/mol. The second-order valence-electron chi connectivity index (χ2n) is 11.6. The van der Waals surface area contributed by atoms with Crippen LogP contribution in [-0.2, 0) is 37.1 Å². The van der Waals surface area contributed by atoms with Gasteiger partial charge in [0.25, 0.3) is 5.91 Å². The number of hydrogen-bond donors (Lipinski definition) is 2. The molecular weight excluding hydrogens is 584 g/mol. The lowest BCUT2D eigenvalue weighted by Crippen LogP contribution is -2.49. The van der Waals surface area contributed by atoms with Crippen LogP contribution < -0.4 is 24.8 Å². The molecule has 0 radical (unpaired) electrons. The van der Waals surface area contributed by atoms with E-state index < -0.39 is 11.9 Å². The number of carbonyl (C=O) groups excluding carboxylic acids is 2. The van der Waals surface area contributed by atoms with Crippen LogP contribution in [-0.4, -0.2) is 77.7 Å². The molecule has 11 nitrogen and oxygen atoms in total.